The maximum Gasteiger partial charge on any atom is 0.221 e. The molecule has 0 saturated carbocycles. The summed E-state index contributed by atoms with van der Waals surface area (Å²) in [6.45, 7) is 2.18. The number of para-hydroxylation sites is 1. The van der Waals surface area contributed by atoms with E-state index in [1.165, 1.54) is 0 Å². The van der Waals surface area contributed by atoms with E-state index in [1.54, 1.807) is 0 Å². The van der Waals surface area contributed by atoms with Crippen LogP contribution in [-0.2, 0) is 6.42 Å². The summed E-state index contributed by atoms with van der Waals surface area (Å²) in [4.78, 5) is 9.11. The number of rotatable bonds is 5. The largest absolute Gasteiger partial charge is 0.454 e. The van der Waals surface area contributed by atoms with E-state index in [-0.39, 0.29) is 5.95 Å². The number of benzene rings is 2. The van der Waals surface area contributed by atoms with E-state index < -0.39 is 0 Å². The van der Waals surface area contributed by atoms with Crippen LogP contribution >= 0.6 is 0 Å². The summed E-state index contributed by atoms with van der Waals surface area (Å²) in [6, 6.07) is 20.1. The molecule has 4 heteroatoms. The van der Waals surface area contributed by atoms with Crippen LogP contribution < -0.4 is 5.73 Å². The van der Waals surface area contributed by atoms with E-state index in [0.717, 1.165) is 58.5 Å². The van der Waals surface area contributed by atoms with Crippen molar-refractivity contribution in [2.45, 2.75) is 26.2 Å². The molecule has 2 aromatic heterocycles. The Morgan fingerprint density at radius 3 is 2.42 bits per heavy atom. The summed E-state index contributed by atoms with van der Waals surface area (Å²) >= 11 is 0. The number of aromatic nitrogens is 2. The first kappa shape index (κ1) is 16.3. The summed E-state index contributed by atoms with van der Waals surface area (Å²) in [5.74, 6) is 1.00. The SMILES string of the molecule is CCCCc1c(-c2ccccc2)nc(N)nc1-c1cc2ccccc2o1. The van der Waals surface area contributed by atoms with E-state index >= 15 is 0 Å². The summed E-state index contributed by atoms with van der Waals surface area (Å²) in [6.07, 6.45) is 3.03. The normalized spacial score (nSPS) is 11.1. The molecule has 26 heavy (non-hydrogen) atoms. The molecular weight excluding hydrogens is 322 g/mol. The molecule has 0 spiro atoms. The van der Waals surface area contributed by atoms with E-state index in [1.807, 2.05) is 48.5 Å². The van der Waals surface area contributed by atoms with Gasteiger partial charge in [-0.2, -0.15) is 0 Å². The third-order valence-corrected chi connectivity index (χ3v) is 4.51. The molecule has 4 nitrogen and oxygen atoms in total. The Bertz CT molecular complexity index is 1000. The van der Waals surface area contributed by atoms with Crippen molar-refractivity contribution < 1.29 is 4.42 Å². The number of fused-ring (bicyclic) bond motifs is 1. The van der Waals surface area contributed by atoms with Crippen molar-refractivity contribution >= 4 is 16.9 Å². The first-order chi connectivity index (χ1) is 12.8. The lowest BCUT2D eigenvalue weighted by atomic mass is 9.98. The van der Waals surface area contributed by atoms with E-state index in [9.17, 15) is 0 Å². The number of nitrogens with two attached hydrogens (primary N) is 1. The van der Waals surface area contributed by atoms with E-state index in [4.69, 9.17) is 10.2 Å². The number of nitrogen functional groups attached to an aromatic ring is 1. The van der Waals surface area contributed by atoms with E-state index in [2.05, 4.69) is 29.0 Å². The average molecular weight is 343 g/mol. The molecular formula is C22H21N3O. The zero-order valence-electron chi connectivity index (χ0n) is 14.8. The molecule has 0 bridgehead atoms. The minimum absolute atomic E-state index is 0.263. The smallest absolute Gasteiger partial charge is 0.221 e. The molecule has 4 aromatic rings. The Morgan fingerprint density at radius 2 is 1.65 bits per heavy atom. The first-order valence-electron chi connectivity index (χ1n) is 8.97. The highest BCUT2D eigenvalue weighted by atomic mass is 16.3. The highest BCUT2D eigenvalue weighted by Crippen LogP contribution is 2.34. The van der Waals surface area contributed by atoms with Gasteiger partial charge in [-0.3, -0.25) is 0 Å². The van der Waals surface area contributed by atoms with Crippen molar-refractivity contribution in [3.63, 3.8) is 0 Å². The number of unbranched alkanes of at least 4 members (excludes halogenated alkanes) is 1. The van der Waals surface area contributed by atoms with Crippen molar-refractivity contribution in [3.05, 3.63) is 66.2 Å². The van der Waals surface area contributed by atoms with Gasteiger partial charge < -0.3 is 10.2 Å². The molecule has 130 valence electrons. The average Bonchev–Trinajstić information content (AvgIpc) is 3.11. The fourth-order valence-electron chi connectivity index (χ4n) is 3.23. The highest BCUT2D eigenvalue weighted by molar-refractivity contribution is 5.84. The molecule has 0 saturated heterocycles. The lowest BCUT2D eigenvalue weighted by molar-refractivity contribution is 0.626. The minimum Gasteiger partial charge on any atom is -0.454 e. The number of nitrogens with zero attached hydrogens (tertiary/aromatic N) is 2. The van der Waals surface area contributed by atoms with Gasteiger partial charge in [0.1, 0.15) is 11.3 Å². The molecule has 0 aliphatic carbocycles. The van der Waals surface area contributed by atoms with Crippen molar-refractivity contribution in [1.82, 2.24) is 9.97 Å². The van der Waals surface area contributed by atoms with Gasteiger partial charge in [-0.05, 0) is 25.0 Å². The number of anilines is 1. The highest BCUT2D eigenvalue weighted by Gasteiger charge is 2.19. The Morgan fingerprint density at radius 1 is 0.923 bits per heavy atom. The minimum atomic E-state index is 0.263. The summed E-state index contributed by atoms with van der Waals surface area (Å²) in [7, 11) is 0. The molecule has 0 aliphatic heterocycles. The molecule has 0 unspecified atom stereocenters. The molecule has 4 rings (SSSR count). The molecule has 2 N–H and O–H groups in total. The quantitative estimate of drug-likeness (QED) is 0.521. The van der Waals surface area contributed by atoms with Crippen molar-refractivity contribution in [2.75, 3.05) is 5.73 Å². The Hall–Kier alpha value is -3.14. The third kappa shape index (κ3) is 3.06. The number of hydrogen-bond donors (Lipinski definition) is 1. The monoisotopic (exact) mass is 343 g/mol. The van der Waals surface area contributed by atoms with Gasteiger partial charge >= 0.3 is 0 Å². The molecule has 2 aromatic carbocycles. The van der Waals surface area contributed by atoms with Crippen LogP contribution in [0.25, 0.3) is 33.7 Å². The molecule has 0 radical (unpaired) electrons. The van der Waals surface area contributed by atoms with Gasteiger partial charge in [0.2, 0.25) is 5.95 Å². The van der Waals surface area contributed by atoms with Gasteiger partial charge in [-0.1, -0.05) is 61.9 Å². The van der Waals surface area contributed by atoms with Crippen LogP contribution in [0.3, 0.4) is 0 Å². The zero-order valence-corrected chi connectivity index (χ0v) is 14.8. The Balaban J connectivity index is 1.94. The molecule has 2 heterocycles. The Kier molecular flexibility index (Phi) is 4.40. The maximum absolute atomic E-state index is 6.07. The topological polar surface area (TPSA) is 64.9 Å². The summed E-state index contributed by atoms with van der Waals surface area (Å²) in [5.41, 5.74) is 10.7. The van der Waals surface area contributed by atoms with Crippen LogP contribution in [0.2, 0.25) is 0 Å². The van der Waals surface area contributed by atoms with Crippen LogP contribution in [0.5, 0.6) is 0 Å². The van der Waals surface area contributed by atoms with Crippen LogP contribution in [0, 0.1) is 0 Å². The van der Waals surface area contributed by atoms with Crippen LogP contribution in [-0.4, -0.2) is 9.97 Å². The predicted molar refractivity (Wildman–Crippen MR) is 106 cm³/mol. The summed E-state index contributed by atoms with van der Waals surface area (Å²) < 4.78 is 6.07. The number of hydrogen-bond acceptors (Lipinski definition) is 4. The molecule has 0 aliphatic rings. The van der Waals surface area contributed by atoms with Gasteiger partial charge in [0.15, 0.2) is 5.76 Å². The van der Waals surface area contributed by atoms with Crippen LogP contribution in [0.4, 0.5) is 5.95 Å². The van der Waals surface area contributed by atoms with Crippen LogP contribution in [0.15, 0.2) is 65.1 Å². The van der Waals surface area contributed by atoms with Gasteiger partial charge in [-0.25, -0.2) is 9.97 Å². The molecule has 0 amide bonds. The first-order valence-corrected chi connectivity index (χ1v) is 8.97. The zero-order chi connectivity index (χ0) is 17.9. The summed E-state index contributed by atoms with van der Waals surface area (Å²) in [5, 5.41) is 1.06. The van der Waals surface area contributed by atoms with Gasteiger partial charge in [-0.15, -0.1) is 0 Å². The second-order valence-corrected chi connectivity index (χ2v) is 6.38. The number of furan rings is 1. The lowest BCUT2D eigenvalue weighted by Crippen LogP contribution is -2.05. The second-order valence-electron chi connectivity index (χ2n) is 6.38. The van der Waals surface area contributed by atoms with E-state index in [0.29, 0.717) is 0 Å². The fourth-order valence-corrected chi connectivity index (χ4v) is 3.23. The predicted octanol–water partition coefficient (Wildman–Crippen LogP) is 5.48. The van der Waals surface area contributed by atoms with Gasteiger partial charge in [0.25, 0.3) is 0 Å². The van der Waals surface area contributed by atoms with Crippen LogP contribution in [0.1, 0.15) is 25.3 Å². The molecule has 0 atom stereocenters. The Labute approximate surface area is 152 Å². The standard InChI is InChI=1S/C22H21N3O/c1-2-3-12-17-20(15-9-5-4-6-10-15)24-22(23)25-21(17)19-14-16-11-7-8-13-18(16)26-19/h4-11,13-14H,2-3,12H2,1H3,(H2,23,24,25). The van der Waals surface area contributed by atoms with Crippen molar-refractivity contribution in [1.29, 1.82) is 0 Å². The van der Waals surface area contributed by atoms with Gasteiger partial charge in [0, 0.05) is 16.5 Å². The van der Waals surface area contributed by atoms with Gasteiger partial charge in [0.05, 0.1) is 5.69 Å². The van der Waals surface area contributed by atoms with Crippen molar-refractivity contribution in [2.24, 2.45) is 0 Å². The third-order valence-electron chi connectivity index (χ3n) is 4.51. The molecule has 0 fully saturated rings. The lowest BCUT2D eigenvalue weighted by Gasteiger charge is -2.13. The fraction of sp³-hybridized carbons (Fsp3) is 0.182. The van der Waals surface area contributed by atoms with Crippen molar-refractivity contribution in [3.8, 4) is 22.7 Å². The maximum atomic E-state index is 6.07. The second kappa shape index (κ2) is 7.00.